The highest BCUT2D eigenvalue weighted by Crippen LogP contribution is 2.21. The molecule has 12 heteroatoms. The number of likely N-dealkylation sites (tertiary alicyclic amines) is 1. The van der Waals surface area contributed by atoms with Gasteiger partial charge in [-0.25, -0.2) is 4.79 Å². The van der Waals surface area contributed by atoms with Gasteiger partial charge in [0.25, 0.3) is 0 Å². The highest BCUT2D eigenvalue weighted by Gasteiger charge is 2.39. The first-order valence-corrected chi connectivity index (χ1v) is 12.4. The Morgan fingerprint density at radius 1 is 1.05 bits per heavy atom. The second-order valence-corrected chi connectivity index (χ2v) is 8.94. The Hall–Kier alpha value is -3.06. The summed E-state index contributed by atoms with van der Waals surface area (Å²) in [5.74, 6) is -1.43. The highest BCUT2D eigenvalue weighted by molar-refractivity contribution is 7.59. The van der Waals surface area contributed by atoms with Crippen molar-refractivity contribution in [3.8, 4) is 5.75 Å². The summed E-state index contributed by atoms with van der Waals surface area (Å²) in [6.45, 7) is 0.757. The van der Waals surface area contributed by atoms with Crippen molar-refractivity contribution in [1.82, 2.24) is 15.5 Å². The first-order valence-electron chi connectivity index (χ1n) is 12.4. The second kappa shape index (κ2) is 16.0. The number of ether oxygens (including phenoxy) is 2. The van der Waals surface area contributed by atoms with Crippen molar-refractivity contribution < 1.29 is 33.9 Å². The molecule has 2 aromatic carbocycles. The van der Waals surface area contributed by atoms with E-state index in [0.29, 0.717) is 44.6 Å². The minimum Gasteiger partial charge on any atom is -0.426 e. The minimum absolute atomic E-state index is 0. The van der Waals surface area contributed by atoms with E-state index in [0.717, 1.165) is 5.56 Å². The summed E-state index contributed by atoms with van der Waals surface area (Å²) in [7, 11) is -0.202. The fourth-order valence-electron chi connectivity index (χ4n) is 4.34. The molecular weight excluding hydrogens is 509 g/mol. The van der Waals surface area contributed by atoms with Crippen molar-refractivity contribution in [3.63, 3.8) is 0 Å². The van der Waals surface area contributed by atoms with Crippen LogP contribution in [0.2, 0.25) is 0 Å². The number of para-hydroxylation sites is 1. The molecule has 0 bridgehead atoms. The van der Waals surface area contributed by atoms with Crippen molar-refractivity contribution in [2.24, 2.45) is 0 Å². The lowest BCUT2D eigenvalue weighted by molar-refractivity contribution is -0.140. The van der Waals surface area contributed by atoms with Gasteiger partial charge in [0.1, 0.15) is 17.8 Å². The van der Waals surface area contributed by atoms with Gasteiger partial charge in [0.05, 0.1) is 5.94 Å². The van der Waals surface area contributed by atoms with Gasteiger partial charge < -0.3 is 35.1 Å². The Morgan fingerprint density at radius 3 is 2.34 bits per heavy atom. The van der Waals surface area contributed by atoms with Crippen molar-refractivity contribution >= 4 is 38.5 Å². The van der Waals surface area contributed by atoms with Gasteiger partial charge in [-0.05, 0) is 43.4 Å². The molecule has 3 rings (SSSR count). The largest absolute Gasteiger partial charge is 0.475 e. The van der Waals surface area contributed by atoms with Crippen molar-refractivity contribution in [3.05, 3.63) is 66.2 Å². The van der Waals surface area contributed by atoms with Crippen LogP contribution in [0.25, 0.3) is 0 Å². The van der Waals surface area contributed by atoms with E-state index in [1.165, 1.54) is 4.90 Å². The van der Waals surface area contributed by atoms with Gasteiger partial charge in [-0.2, -0.15) is 13.5 Å². The zero-order valence-corrected chi connectivity index (χ0v) is 22.4. The van der Waals surface area contributed by atoms with Gasteiger partial charge in [-0.1, -0.05) is 48.5 Å². The van der Waals surface area contributed by atoms with Crippen LogP contribution in [-0.2, 0) is 20.7 Å². The van der Waals surface area contributed by atoms with E-state index in [1.807, 2.05) is 30.3 Å². The van der Waals surface area contributed by atoms with Crippen LogP contribution in [0.3, 0.4) is 0 Å². The highest BCUT2D eigenvalue weighted by atomic mass is 32.1. The van der Waals surface area contributed by atoms with Crippen LogP contribution in [0, 0.1) is 0 Å². The second-order valence-electron chi connectivity index (χ2n) is 8.94. The predicted octanol–water partition coefficient (Wildman–Crippen LogP) is 1.41. The molecule has 3 atom stereocenters. The van der Waals surface area contributed by atoms with Crippen molar-refractivity contribution in [2.45, 2.75) is 50.1 Å². The average molecular weight is 545 g/mol. The number of carbonyl (C=O) groups is 3. The van der Waals surface area contributed by atoms with Crippen molar-refractivity contribution in [1.29, 1.82) is 0 Å². The Morgan fingerprint density at radius 2 is 1.71 bits per heavy atom. The molecule has 1 heterocycles. The number of benzene rings is 2. The molecule has 206 valence electrons. The summed E-state index contributed by atoms with van der Waals surface area (Å²) < 4.78 is 10.3. The third-order valence-corrected chi connectivity index (χ3v) is 6.22. The standard InChI is InChI=1S/C26H34BN3O7.H2S/c1-36-17-9-15-23(27(34)35)29-24(31)22-14-8-16-30(22)25(32)21(18-19-10-4-2-5-11-19)28-26(33)37-20-12-6-3-7-13-20;/h2-7,10-13,21-23,34-35H,8-9,14-18H2,1H3,(H,28,33)(H,29,31);1H2/t21-,22?,23-;/m1./s1. The van der Waals surface area contributed by atoms with Crippen LogP contribution in [0.5, 0.6) is 5.75 Å². The average Bonchev–Trinajstić information content (AvgIpc) is 3.38. The molecule has 10 nitrogen and oxygen atoms in total. The third kappa shape index (κ3) is 9.36. The molecule has 4 N–H and O–H groups in total. The fourth-order valence-corrected chi connectivity index (χ4v) is 4.34. The van der Waals surface area contributed by atoms with Crippen molar-refractivity contribution in [2.75, 3.05) is 20.3 Å². The predicted molar refractivity (Wildman–Crippen MR) is 148 cm³/mol. The third-order valence-electron chi connectivity index (χ3n) is 6.22. The Kier molecular flexibility index (Phi) is 13.1. The molecule has 0 aromatic heterocycles. The number of amides is 3. The van der Waals surface area contributed by atoms with E-state index in [-0.39, 0.29) is 19.9 Å². The quantitative estimate of drug-likeness (QED) is 0.234. The summed E-state index contributed by atoms with van der Waals surface area (Å²) in [5.41, 5.74) is 0.836. The SMILES string of the molecule is COCCC[C@@H](NC(=O)C1CCCN1C(=O)[C@@H](Cc1ccccc1)NC(=O)Oc1ccccc1)B(O)O.S. The molecule has 0 saturated carbocycles. The summed E-state index contributed by atoms with van der Waals surface area (Å²) >= 11 is 0. The molecule has 1 unspecified atom stereocenters. The summed E-state index contributed by atoms with van der Waals surface area (Å²) in [6.07, 6.45) is 1.30. The van der Waals surface area contributed by atoms with Gasteiger partial charge >= 0.3 is 13.2 Å². The normalized spacial score (nSPS) is 16.1. The van der Waals surface area contributed by atoms with Crippen LogP contribution >= 0.6 is 13.5 Å². The monoisotopic (exact) mass is 545 g/mol. The van der Waals surface area contributed by atoms with Gasteiger partial charge in [-0.15, -0.1) is 0 Å². The lowest BCUT2D eigenvalue weighted by atomic mass is 9.76. The molecule has 1 fully saturated rings. The number of carbonyl (C=O) groups excluding carboxylic acids is 3. The van der Waals surface area contributed by atoms with E-state index in [9.17, 15) is 24.4 Å². The smallest absolute Gasteiger partial charge is 0.426 e. The first-order chi connectivity index (χ1) is 17.9. The number of hydrogen-bond acceptors (Lipinski definition) is 7. The van der Waals surface area contributed by atoms with Gasteiger partial charge in [0.2, 0.25) is 11.8 Å². The van der Waals surface area contributed by atoms with Crippen LogP contribution in [0.1, 0.15) is 31.2 Å². The zero-order chi connectivity index (χ0) is 26.6. The van der Waals surface area contributed by atoms with E-state index in [4.69, 9.17) is 9.47 Å². The van der Waals surface area contributed by atoms with Crippen LogP contribution < -0.4 is 15.4 Å². The van der Waals surface area contributed by atoms with Crippen LogP contribution in [-0.4, -0.2) is 78.3 Å². The molecule has 0 spiro atoms. The number of rotatable bonds is 12. The molecule has 3 amide bonds. The molecule has 0 aliphatic carbocycles. The first kappa shape index (κ1) is 31.2. The summed E-state index contributed by atoms with van der Waals surface area (Å²) in [6, 6.07) is 16.0. The summed E-state index contributed by atoms with van der Waals surface area (Å²) in [5, 5.41) is 24.7. The number of hydrogen-bond donors (Lipinski definition) is 4. The maximum absolute atomic E-state index is 13.6. The number of nitrogens with one attached hydrogen (secondary N) is 2. The van der Waals surface area contributed by atoms with E-state index in [1.54, 1.807) is 37.4 Å². The van der Waals surface area contributed by atoms with Gasteiger partial charge in [0.15, 0.2) is 0 Å². The molecule has 1 aliphatic heterocycles. The minimum atomic E-state index is -1.74. The van der Waals surface area contributed by atoms with Gasteiger partial charge in [-0.3, -0.25) is 9.59 Å². The summed E-state index contributed by atoms with van der Waals surface area (Å²) in [4.78, 5) is 40.8. The Labute approximate surface area is 230 Å². The lowest BCUT2D eigenvalue weighted by Crippen LogP contribution is -2.57. The molecule has 2 aromatic rings. The maximum atomic E-state index is 13.6. The van der Waals surface area contributed by atoms with Gasteiger partial charge in [0, 0.05) is 26.7 Å². The molecule has 0 radical (unpaired) electrons. The molecule has 1 saturated heterocycles. The van der Waals surface area contributed by atoms with Crippen LogP contribution in [0.15, 0.2) is 60.7 Å². The zero-order valence-electron chi connectivity index (χ0n) is 21.4. The maximum Gasteiger partial charge on any atom is 0.475 e. The Balaban J connectivity index is 0.00000507. The van der Waals surface area contributed by atoms with E-state index in [2.05, 4.69) is 10.6 Å². The van der Waals surface area contributed by atoms with E-state index < -0.39 is 43.1 Å². The molecule has 1 aliphatic rings. The van der Waals surface area contributed by atoms with E-state index >= 15 is 0 Å². The molecular formula is C26H36BN3O7S. The number of nitrogens with zero attached hydrogens (tertiary/aromatic N) is 1. The lowest BCUT2D eigenvalue weighted by Gasteiger charge is -2.30. The van der Waals surface area contributed by atoms with Crippen LogP contribution in [0.4, 0.5) is 4.79 Å². The Bertz CT molecular complexity index is 1020. The fraction of sp³-hybridized carbons (Fsp3) is 0.423. The number of methoxy groups -OCH3 is 1. The topological polar surface area (TPSA) is 137 Å². The molecule has 38 heavy (non-hydrogen) atoms.